The molecule has 1 fully saturated rings. The van der Waals surface area contributed by atoms with E-state index in [1.807, 2.05) is 6.07 Å². The summed E-state index contributed by atoms with van der Waals surface area (Å²) >= 11 is 0. The molecular weight excluding hydrogens is 391 g/mol. The van der Waals surface area contributed by atoms with Gasteiger partial charge in [-0.05, 0) is 18.9 Å². The van der Waals surface area contributed by atoms with E-state index in [0.717, 1.165) is 6.07 Å². The fraction of sp³-hybridized carbons (Fsp3) is 0.368. The lowest BCUT2D eigenvalue weighted by atomic mass is 9.85. The number of nitrogens with zero attached hydrogens (tertiary/aromatic N) is 6. The molecule has 0 unspecified atom stereocenters. The summed E-state index contributed by atoms with van der Waals surface area (Å²) in [6.45, 7) is 0.707. The molecule has 11 heteroatoms. The number of hydrogen-bond acceptors (Lipinski definition) is 7. The molecule has 10 nitrogen and oxygen atoms in total. The number of carbonyl (C=O) groups excluding carboxylic acids is 2. The molecule has 3 rings (SSSR count). The number of carbonyl (C=O) groups is 2. The molecule has 0 aromatic carbocycles. The average Bonchev–Trinajstić information content (AvgIpc) is 3.14. The van der Waals surface area contributed by atoms with Gasteiger partial charge in [0.1, 0.15) is 12.0 Å². The Morgan fingerprint density at radius 2 is 2.03 bits per heavy atom. The number of hydrogen-bond donors (Lipinski definition) is 2. The summed E-state index contributed by atoms with van der Waals surface area (Å²) in [6, 6.07) is 6.65. The predicted octanol–water partition coefficient (Wildman–Crippen LogP) is 1.40. The molecule has 1 aliphatic heterocycles. The lowest BCUT2D eigenvalue weighted by Crippen LogP contribution is -2.48. The molecule has 154 valence electrons. The van der Waals surface area contributed by atoms with E-state index in [2.05, 4.69) is 21.5 Å². The van der Waals surface area contributed by atoms with Gasteiger partial charge in [-0.15, -0.1) is 0 Å². The monoisotopic (exact) mass is 410 g/mol. The third-order valence-electron chi connectivity index (χ3n) is 5.14. The van der Waals surface area contributed by atoms with E-state index < -0.39 is 17.4 Å². The highest BCUT2D eigenvalue weighted by molar-refractivity contribution is 5.98. The molecule has 0 atom stereocenters. The third kappa shape index (κ3) is 4.20. The van der Waals surface area contributed by atoms with Crippen LogP contribution in [-0.4, -0.2) is 44.6 Å². The predicted molar refractivity (Wildman–Crippen MR) is 102 cm³/mol. The number of amides is 2. The molecule has 0 radical (unpaired) electrons. The maximum absolute atomic E-state index is 13.4. The third-order valence-corrected chi connectivity index (χ3v) is 5.14. The lowest BCUT2D eigenvalue weighted by Gasteiger charge is -2.40. The standard InChI is InChI=1S/C19H19FN8O2/c20-15-11-13(2-8-24-15)25-18-14(17(23)30)12-28(26-18)19(3-7-22)4-9-27(10-5-19)16(29)1-6-21/h2,8,11-12H,1,3-5,9-10H2,(H2,23,30)(H,24,25,26). The van der Waals surface area contributed by atoms with Gasteiger partial charge in [0.2, 0.25) is 11.9 Å². The van der Waals surface area contributed by atoms with Crippen molar-refractivity contribution in [3.8, 4) is 12.1 Å². The average molecular weight is 410 g/mol. The Hall–Kier alpha value is -3.99. The molecule has 3 heterocycles. The van der Waals surface area contributed by atoms with Crippen LogP contribution in [0.1, 0.15) is 36.0 Å². The SMILES string of the molecule is N#CCC(=O)N1CCC(CC#N)(n2cc(C(N)=O)c(Nc3ccnc(F)c3)n2)CC1. The number of rotatable bonds is 6. The minimum atomic E-state index is -0.744. The lowest BCUT2D eigenvalue weighted by molar-refractivity contribution is -0.132. The number of nitrogens with one attached hydrogen (secondary N) is 1. The van der Waals surface area contributed by atoms with Crippen molar-refractivity contribution in [3.63, 3.8) is 0 Å². The summed E-state index contributed by atoms with van der Waals surface area (Å²) in [5, 5.41) is 25.4. The van der Waals surface area contributed by atoms with Gasteiger partial charge >= 0.3 is 0 Å². The first-order valence-electron chi connectivity index (χ1n) is 9.19. The number of nitriles is 2. The van der Waals surface area contributed by atoms with E-state index in [9.17, 15) is 19.2 Å². The highest BCUT2D eigenvalue weighted by Gasteiger charge is 2.39. The summed E-state index contributed by atoms with van der Waals surface area (Å²) in [7, 11) is 0. The number of piperidine rings is 1. The van der Waals surface area contributed by atoms with Crippen LogP contribution >= 0.6 is 0 Å². The van der Waals surface area contributed by atoms with E-state index >= 15 is 0 Å². The van der Waals surface area contributed by atoms with E-state index in [1.165, 1.54) is 23.1 Å². The van der Waals surface area contributed by atoms with Gasteiger partial charge in [-0.25, -0.2) is 4.98 Å². The number of nitrogens with two attached hydrogens (primary N) is 1. The van der Waals surface area contributed by atoms with Crippen molar-refractivity contribution < 1.29 is 14.0 Å². The van der Waals surface area contributed by atoms with Gasteiger partial charge < -0.3 is 16.0 Å². The number of aromatic nitrogens is 3. The Balaban J connectivity index is 1.90. The molecule has 30 heavy (non-hydrogen) atoms. The van der Waals surface area contributed by atoms with Gasteiger partial charge in [-0.1, -0.05) is 0 Å². The molecule has 0 spiro atoms. The fourth-order valence-corrected chi connectivity index (χ4v) is 3.49. The summed E-state index contributed by atoms with van der Waals surface area (Å²) < 4.78 is 14.9. The summed E-state index contributed by atoms with van der Waals surface area (Å²) in [6.07, 6.45) is 3.48. The molecule has 2 aromatic rings. The van der Waals surface area contributed by atoms with Gasteiger partial charge in [-0.3, -0.25) is 14.3 Å². The van der Waals surface area contributed by atoms with Gasteiger partial charge in [0.15, 0.2) is 5.82 Å². The zero-order valence-electron chi connectivity index (χ0n) is 16.0. The van der Waals surface area contributed by atoms with Gasteiger partial charge in [0, 0.05) is 37.2 Å². The Labute approximate surface area is 171 Å². The van der Waals surface area contributed by atoms with Crippen LogP contribution in [0, 0.1) is 28.6 Å². The molecular formula is C19H19FN8O2. The number of anilines is 2. The smallest absolute Gasteiger partial charge is 0.254 e. The van der Waals surface area contributed by atoms with Crippen molar-refractivity contribution in [3.05, 3.63) is 36.0 Å². The molecule has 0 aliphatic carbocycles. The first-order valence-corrected chi connectivity index (χ1v) is 9.19. The van der Waals surface area contributed by atoms with Crippen LogP contribution < -0.4 is 11.1 Å². The molecule has 0 saturated carbocycles. The zero-order valence-corrected chi connectivity index (χ0v) is 16.0. The van der Waals surface area contributed by atoms with Crippen molar-refractivity contribution in [2.75, 3.05) is 18.4 Å². The van der Waals surface area contributed by atoms with E-state index in [1.54, 1.807) is 4.90 Å². The van der Waals surface area contributed by atoms with E-state index in [-0.39, 0.29) is 30.1 Å². The fourth-order valence-electron chi connectivity index (χ4n) is 3.49. The van der Waals surface area contributed by atoms with Crippen molar-refractivity contribution in [1.29, 1.82) is 10.5 Å². The maximum Gasteiger partial charge on any atom is 0.254 e. The summed E-state index contributed by atoms with van der Waals surface area (Å²) in [5.74, 6) is -1.56. The summed E-state index contributed by atoms with van der Waals surface area (Å²) in [4.78, 5) is 29.0. The van der Waals surface area contributed by atoms with Crippen LogP contribution in [0.5, 0.6) is 0 Å². The molecule has 2 aromatic heterocycles. The number of halogens is 1. The van der Waals surface area contributed by atoms with Gasteiger partial charge in [0.25, 0.3) is 5.91 Å². The van der Waals surface area contributed by atoms with Crippen LogP contribution in [0.3, 0.4) is 0 Å². The van der Waals surface area contributed by atoms with Gasteiger partial charge in [0.05, 0.1) is 24.1 Å². The minimum absolute atomic E-state index is 0.0903. The highest BCUT2D eigenvalue weighted by Crippen LogP contribution is 2.35. The van der Waals surface area contributed by atoms with Crippen molar-refractivity contribution in [1.82, 2.24) is 19.7 Å². The minimum Gasteiger partial charge on any atom is -0.365 e. The Morgan fingerprint density at radius 1 is 1.30 bits per heavy atom. The van der Waals surface area contributed by atoms with Crippen molar-refractivity contribution in [2.24, 2.45) is 5.73 Å². The Morgan fingerprint density at radius 3 is 2.63 bits per heavy atom. The number of pyridine rings is 1. The number of primary amides is 1. The van der Waals surface area contributed by atoms with Gasteiger partial charge in [-0.2, -0.15) is 20.0 Å². The van der Waals surface area contributed by atoms with Crippen LogP contribution in [-0.2, 0) is 10.3 Å². The van der Waals surface area contributed by atoms with E-state index in [4.69, 9.17) is 11.0 Å². The van der Waals surface area contributed by atoms with Crippen molar-refractivity contribution >= 4 is 23.3 Å². The Bertz CT molecular complexity index is 1040. The Kier molecular flexibility index (Phi) is 5.93. The number of likely N-dealkylation sites (tertiary alicyclic amines) is 1. The van der Waals surface area contributed by atoms with Crippen LogP contribution in [0.25, 0.3) is 0 Å². The molecule has 3 N–H and O–H groups in total. The van der Waals surface area contributed by atoms with Crippen LogP contribution in [0.2, 0.25) is 0 Å². The second-order valence-electron chi connectivity index (χ2n) is 6.97. The van der Waals surface area contributed by atoms with Crippen LogP contribution in [0.15, 0.2) is 24.5 Å². The molecule has 2 amide bonds. The molecule has 1 aliphatic rings. The highest BCUT2D eigenvalue weighted by atomic mass is 19.1. The summed E-state index contributed by atoms with van der Waals surface area (Å²) in [5.41, 5.74) is 5.17. The zero-order chi connectivity index (χ0) is 21.7. The van der Waals surface area contributed by atoms with Crippen molar-refractivity contribution in [2.45, 2.75) is 31.2 Å². The second-order valence-corrected chi connectivity index (χ2v) is 6.97. The first kappa shape index (κ1) is 20.7. The molecule has 1 saturated heterocycles. The van der Waals surface area contributed by atoms with Crippen LogP contribution in [0.4, 0.5) is 15.9 Å². The largest absolute Gasteiger partial charge is 0.365 e. The maximum atomic E-state index is 13.4. The second kappa shape index (κ2) is 8.57. The topological polar surface area (TPSA) is 154 Å². The first-order chi connectivity index (χ1) is 14.4. The van der Waals surface area contributed by atoms with E-state index in [0.29, 0.717) is 31.6 Å². The quantitative estimate of drug-likeness (QED) is 0.682. The normalized spacial score (nSPS) is 15.1. The molecule has 0 bridgehead atoms.